The van der Waals surface area contributed by atoms with E-state index in [2.05, 4.69) is 35.8 Å². The van der Waals surface area contributed by atoms with E-state index in [1.165, 1.54) is 6.07 Å². The number of halogens is 5. The zero-order valence-electron chi connectivity index (χ0n) is 40.0. The number of aromatic amines is 1. The highest BCUT2D eigenvalue weighted by Crippen LogP contribution is 2.49. The van der Waals surface area contributed by atoms with Crippen LogP contribution in [0, 0.1) is 11.7 Å². The Morgan fingerprint density at radius 1 is 0.849 bits per heavy atom. The molecule has 3 saturated heterocycles. The number of amides is 6. The van der Waals surface area contributed by atoms with Gasteiger partial charge in [-0.3, -0.25) is 53.7 Å². The molecule has 6 heterocycles. The maximum Gasteiger partial charge on any atom is 0.401 e. The third-order valence-corrected chi connectivity index (χ3v) is 15.4. The molecule has 17 nitrogen and oxygen atoms in total. The Bertz CT molecular complexity index is 3030. The minimum absolute atomic E-state index is 0.00625. The van der Waals surface area contributed by atoms with Crippen LogP contribution in [0.3, 0.4) is 0 Å². The van der Waals surface area contributed by atoms with Gasteiger partial charge in [-0.05, 0) is 86.8 Å². The van der Waals surface area contributed by atoms with Gasteiger partial charge in [0.2, 0.25) is 23.6 Å². The summed E-state index contributed by atoms with van der Waals surface area (Å²) in [4.78, 5) is 88.3. The number of aromatic nitrogens is 5. The number of alkyl halides is 3. The third-order valence-electron chi connectivity index (χ3n) is 15.1. The predicted octanol–water partition coefficient (Wildman–Crippen LogP) is 5.78. The quantitative estimate of drug-likeness (QED) is 0.0955. The number of nitrogens with one attached hydrogen (secondary N) is 3. The number of benzene rings is 3. The fraction of sp³-hybridized carbons (Fsp3) is 0.431. The van der Waals surface area contributed by atoms with Crippen LogP contribution in [-0.2, 0) is 43.1 Å². The van der Waals surface area contributed by atoms with Gasteiger partial charge in [0, 0.05) is 74.6 Å². The molecule has 2 aromatic heterocycles. The van der Waals surface area contributed by atoms with Crippen molar-refractivity contribution in [3.8, 4) is 22.3 Å². The monoisotopic (exact) mass is 1030 g/mol. The Balaban J connectivity index is 0.673. The molecule has 1 atom stereocenters. The molecule has 6 amide bonds. The number of hydrogen-bond acceptors (Lipinski definition) is 11. The van der Waals surface area contributed by atoms with Crippen LogP contribution >= 0.6 is 11.6 Å². The van der Waals surface area contributed by atoms with E-state index >= 15 is 4.39 Å². The standard InChI is InChI=1S/C51H52ClF4N11O6/c1-49(2,51(54,55)56)47-59-41(61-62-47)25-57-48(73)50(13-14-50)33-6-3-30(4-7-33)34-8-5-31(21-37(34)52)32-24-58-66(27-32)28-43(69)65-15-11-29(12-16-65)26-63-17-19-64(20-18-63)40-23-36-35(22-38(40)53)45(71)67(46(36)72)39-9-10-42(68)60-44(39)70/h3-8,21-24,27,29,39H,9-20,25-26,28H2,1-2H3,(H,57,73)(H,59,61,62)(H,60,68,70). The van der Waals surface area contributed by atoms with Crippen LogP contribution in [-0.4, -0.2) is 133 Å². The van der Waals surface area contributed by atoms with Crippen molar-refractivity contribution < 1.29 is 46.3 Å². The lowest BCUT2D eigenvalue weighted by Gasteiger charge is -2.39. The number of fused-ring (bicyclic) bond motifs is 1. The van der Waals surface area contributed by atoms with Gasteiger partial charge >= 0.3 is 6.18 Å². The minimum atomic E-state index is -4.54. The van der Waals surface area contributed by atoms with Gasteiger partial charge in [-0.25, -0.2) is 9.37 Å². The molecule has 1 aliphatic carbocycles. The van der Waals surface area contributed by atoms with Gasteiger partial charge in [-0.2, -0.15) is 23.4 Å². The van der Waals surface area contributed by atoms with Crippen LogP contribution in [0.2, 0.25) is 5.02 Å². The van der Waals surface area contributed by atoms with E-state index in [-0.39, 0.29) is 60.4 Å². The van der Waals surface area contributed by atoms with Crippen molar-refractivity contribution >= 4 is 52.7 Å². The average molecular weight is 1030 g/mol. The van der Waals surface area contributed by atoms with E-state index in [4.69, 9.17) is 11.6 Å². The first-order chi connectivity index (χ1) is 34.8. The molecule has 1 unspecified atom stereocenters. The lowest BCUT2D eigenvalue weighted by atomic mass is 9.92. The van der Waals surface area contributed by atoms with E-state index in [0.717, 1.165) is 72.0 Å². The Kier molecular flexibility index (Phi) is 13.0. The summed E-state index contributed by atoms with van der Waals surface area (Å²) in [6, 6.07) is 14.6. The maximum atomic E-state index is 15.5. The fourth-order valence-electron chi connectivity index (χ4n) is 10.2. The molecule has 0 bridgehead atoms. The van der Waals surface area contributed by atoms with Crippen molar-refractivity contribution in [2.75, 3.05) is 50.7 Å². The Morgan fingerprint density at radius 3 is 2.19 bits per heavy atom. The number of rotatable bonds is 13. The SMILES string of the molecule is CC(C)(c1n[nH]c(CNC(=O)C2(c3ccc(-c4ccc(-c5cnn(CC(=O)N6CCC(CN7CCN(c8cc9c(cc8F)C(=O)N(C8CCC(=O)NC8=O)C9=O)CC7)CC6)c5)cc4Cl)cc3)CC2)n1)C(F)(F)F. The number of H-pyrrole nitrogens is 1. The number of carbonyl (C=O) groups excluding carboxylic acids is 6. The third kappa shape index (κ3) is 9.59. The second kappa shape index (κ2) is 19.1. The van der Waals surface area contributed by atoms with Crippen LogP contribution in [0.15, 0.2) is 67.0 Å². The second-order valence-electron chi connectivity index (χ2n) is 20.1. The van der Waals surface area contributed by atoms with E-state index in [1.807, 2.05) is 58.5 Å². The van der Waals surface area contributed by atoms with Gasteiger partial charge in [0.15, 0.2) is 5.82 Å². The number of hydrogen-bond donors (Lipinski definition) is 3. The number of piperidine rings is 2. The van der Waals surface area contributed by atoms with Crippen LogP contribution < -0.4 is 15.5 Å². The van der Waals surface area contributed by atoms with Gasteiger partial charge in [0.25, 0.3) is 11.8 Å². The second-order valence-corrected chi connectivity index (χ2v) is 20.5. The van der Waals surface area contributed by atoms with E-state index in [0.29, 0.717) is 63.1 Å². The summed E-state index contributed by atoms with van der Waals surface area (Å²) >= 11 is 6.84. The number of imide groups is 2. The van der Waals surface area contributed by atoms with E-state index < -0.39 is 58.3 Å². The molecule has 5 aromatic rings. The van der Waals surface area contributed by atoms with Crippen molar-refractivity contribution in [3.05, 3.63) is 106 Å². The van der Waals surface area contributed by atoms with Gasteiger partial charge < -0.3 is 15.1 Å². The summed E-state index contributed by atoms with van der Waals surface area (Å²) < 4.78 is 57.5. The molecular weight excluding hydrogens is 974 g/mol. The number of piperazine rings is 1. The first kappa shape index (κ1) is 49.6. The van der Waals surface area contributed by atoms with Gasteiger partial charge in [-0.15, -0.1) is 0 Å². The summed E-state index contributed by atoms with van der Waals surface area (Å²) in [6.45, 7) is 6.40. The Labute approximate surface area is 421 Å². The molecule has 0 spiro atoms. The number of nitrogens with zero attached hydrogens (tertiary/aromatic N) is 8. The summed E-state index contributed by atoms with van der Waals surface area (Å²) in [5.41, 5.74) is 1.23. The van der Waals surface area contributed by atoms with Crippen LogP contribution in [0.5, 0.6) is 0 Å². The highest BCUT2D eigenvalue weighted by Gasteiger charge is 2.53. The van der Waals surface area contributed by atoms with Crippen molar-refractivity contribution in [3.63, 3.8) is 0 Å². The first-order valence-corrected chi connectivity index (χ1v) is 24.7. The lowest BCUT2D eigenvalue weighted by Crippen LogP contribution is -2.54. The van der Waals surface area contributed by atoms with Crippen molar-refractivity contribution in [1.82, 2.24) is 50.3 Å². The van der Waals surface area contributed by atoms with Crippen molar-refractivity contribution in [1.29, 1.82) is 0 Å². The summed E-state index contributed by atoms with van der Waals surface area (Å²) in [5, 5.41) is 16.2. The van der Waals surface area contributed by atoms with Gasteiger partial charge in [0.1, 0.15) is 29.6 Å². The molecule has 10 rings (SSSR count). The highest BCUT2D eigenvalue weighted by molar-refractivity contribution is 6.33. The molecule has 1 saturated carbocycles. The number of carbonyl (C=O) groups is 6. The van der Waals surface area contributed by atoms with Crippen molar-refractivity contribution in [2.45, 2.75) is 88.5 Å². The van der Waals surface area contributed by atoms with Crippen molar-refractivity contribution in [2.24, 2.45) is 5.92 Å². The molecule has 3 aromatic carbocycles. The Hall–Kier alpha value is -7.00. The number of likely N-dealkylation sites (tertiary alicyclic amines) is 1. The minimum Gasteiger partial charge on any atom is -0.367 e. The lowest BCUT2D eigenvalue weighted by molar-refractivity contribution is -0.182. The van der Waals surface area contributed by atoms with Gasteiger partial charge in [0.05, 0.1) is 35.0 Å². The van der Waals surface area contributed by atoms with Crippen LogP contribution in [0.25, 0.3) is 22.3 Å². The maximum absolute atomic E-state index is 15.5. The molecule has 3 N–H and O–H groups in total. The summed E-state index contributed by atoms with van der Waals surface area (Å²) in [5.74, 6) is -3.41. The summed E-state index contributed by atoms with van der Waals surface area (Å²) in [7, 11) is 0. The predicted molar refractivity (Wildman–Crippen MR) is 257 cm³/mol. The van der Waals surface area contributed by atoms with E-state index in [1.54, 1.807) is 10.9 Å². The normalized spacial score (nSPS) is 19.6. The first-order valence-electron chi connectivity index (χ1n) is 24.3. The molecular formula is C51H52ClF4N11O6. The topological polar surface area (TPSA) is 199 Å². The molecule has 382 valence electrons. The van der Waals surface area contributed by atoms with Crippen LogP contribution in [0.1, 0.15) is 90.3 Å². The zero-order chi connectivity index (χ0) is 51.6. The smallest absolute Gasteiger partial charge is 0.367 e. The molecule has 4 aliphatic heterocycles. The molecule has 73 heavy (non-hydrogen) atoms. The average Bonchev–Trinajstić information content (AvgIpc) is 3.67. The van der Waals surface area contributed by atoms with Crippen LogP contribution in [0.4, 0.5) is 23.2 Å². The molecule has 4 fully saturated rings. The highest BCUT2D eigenvalue weighted by atomic mass is 35.5. The fourth-order valence-corrected chi connectivity index (χ4v) is 10.5. The summed E-state index contributed by atoms with van der Waals surface area (Å²) in [6.07, 6.45) is 1.90. The Morgan fingerprint density at radius 2 is 1.53 bits per heavy atom. The van der Waals surface area contributed by atoms with Gasteiger partial charge in [-0.1, -0.05) is 48.0 Å². The van der Waals surface area contributed by atoms with E-state index in [9.17, 15) is 41.9 Å². The molecule has 5 aliphatic rings. The molecule has 22 heteroatoms. The number of anilines is 1. The molecule has 0 radical (unpaired) electrons. The largest absolute Gasteiger partial charge is 0.401 e. The zero-order valence-corrected chi connectivity index (χ0v) is 40.8.